The van der Waals surface area contributed by atoms with Crippen LogP contribution in [0.1, 0.15) is 26.2 Å². The molecule has 2 fully saturated rings. The van der Waals surface area contributed by atoms with E-state index in [9.17, 15) is 19.8 Å². The van der Waals surface area contributed by atoms with Gasteiger partial charge in [-0.15, -0.1) is 11.8 Å². The molecule has 3 heterocycles. The summed E-state index contributed by atoms with van der Waals surface area (Å²) in [5.41, 5.74) is 0.144. The van der Waals surface area contributed by atoms with E-state index in [0.29, 0.717) is 11.7 Å². The largest absolute Gasteiger partial charge is 0.477 e. The number of thioether (sulfide) groups is 1. The number of aliphatic carboxylic acids is 1. The number of hydrogen-bond donors (Lipinski definition) is 3. The SMILES string of the molecule is C[C@@H](O)[C@H]1C(=O)N2C(C(=O)O)=C(SC3CCNCC3)C[C@@H]12. The van der Waals surface area contributed by atoms with Crippen LogP contribution in [0.25, 0.3) is 0 Å². The third kappa shape index (κ3) is 2.47. The lowest BCUT2D eigenvalue weighted by Crippen LogP contribution is -2.61. The van der Waals surface area contributed by atoms with Crippen LogP contribution in [0.4, 0.5) is 0 Å². The van der Waals surface area contributed by atoms with Crippen molar-refractivity contribution in [1.29, 1.82) is 0 Å². The zero-order chi connectivity index (χ0) is 15.1. The number of carbonyl (C=O) groups excluding carboxylic acids is 1. The highest BCUT2D eigenvalue weighted by molar-refractivity contribution is 8.03. The molecule has 7 heteroatoms. The van der Waals surface area contributed by atoms with E-state index in [1.165, 1.54) is 4.90 Å². The van der Waals surface area contributed by atoms with Gasteiger partial charge in [-0.3, -0.25) is 4.79 Å². The van der Waals surface area contributed by atoms with E-state index in [0.717, 1.165) is 30.8 Å². The number of rotatable bonds is 4. The Morgan fingerprint density at radius 2 is 2.10 bits per heavy atom. The molecule has 0 radical (unpaired) electrons. The standard InChI is InChI=1S/C14H20N2O4S/c1-7(17)11-9-6-10(21-8-2-4-15-5-3-8)12(14(19)20)16(9)13(11)18/h7-9,11,15,17H,2-6H2,1H3,(H,19,20)/t7-,9+,11-/m1/s1. The molecule has 0 spiro atoms. The summed E-state index contributed by atoms with van der Waals surface area (Å²) in [5, 5.41) is 22.8. The molecule has 0 aliphatic carbocycles. The highest BCUT2D eigenvalue weighted by Gasteiger charge is 2.56. The van der Waals surface area contributed by atoms with Gasteiger partial charge in [0.15, 0.2) is 0 Å². The molecule has 0 aromatic rings. The molecule has 3 N–H and O–H groups in total. The average Bonchev–Trinajstić information content (AvgIpc) is 2.74. The summed E-state index contributed by atoms with van der Waals surface area (Å²) in [5.74, 6) is -1.75. The van der Waals surface area contributed by atoms with E-state index in [1.807, 2.05) is 0 Å². The number of aliphatic hydroxyl groups excluding tert-OH is 1. The van der Waals surface area contributed by atoms with Gasteiger partial charge >= 0.3 is 5.97 Å². The Balaban J connectivity index is 1.79. The molecule has 2 saturated heterocycles. The number of β-lactam (4-membered cyclic amide) rings is 1. The van der Waals surface area contributed by atoms with Gasteiger partial charge in [0.25, 0.3) is 0 Å². The molecule has 0 bridgehead atoms. The van der Waals surface area contributed by atoms with E-state index in [2.05, 4.69) is 5.32 Å². The van der Waals surface area contributed by atoms with Gasteiger partial charge in [0.1, 0.15) is 5.70 Å². The Bertz CT molecular complexity index is 499. The van der Waals surface area contributed by atoms with Crippen LogP contribution < -0.4 is 5.32 Å². The number of fused-ring (bicyclic) bond motifs is 1. The molecule has 0 unspecified atom stereocenters. The second-order valence-electron chi connectivity index (χ2n) is 5.89. The van der Waals surface area contributed by atoms with Gasteiger partial charge in [-0.2, -0.15) is 0 Å². The maximum atomic E-state index is 12.1. The second kappa shape index (κ2) is 5.62. The van der Waals surface area contributed by atoms with Crippen LogP contribution in [0, 0.1) is 5.92 Å². The van der Waals surface area contributed by atoms with Crippen LogP contribution in [-0.4, -0.2) is 57.5 Å². The fourth-order valence-corrected chi connectivity index (χ4v) is 4.89. The third-order valence-corrected chi connectivity index (χ3v) is 5.93. The number of carboxylic acid groups (broad SMARTS) is 1. The quantitative estimate of drug-likeness (QED) is 0.650. The normalized spacial score (nSPS) is 31.1. The Kier molecular flexibility index (Phi) is 3.98. The summed E-state index contributed by atoms with van der Waals surface area (Å²) < 4.78 is 0. The first-order valence-corrected chi connectivity index (χ1v) is 8.23. The maximum absolute atomic E-state index is 12.1. The minimum absolute atomic E-state index is 0.144. The van der Waals surface area contributed by atoms with Crippen molar-refractivity contribution in [3.8, 4) is 0 Å². The smallest absolute Gasteiger partial charge is 0.353 e. The maximum Gasteiger partial charge on any atom is 0.353 e. The summed E-state index contributed by atoms with van der Waals surface area (Å²) in [4.78, 5) is 25.8. The molecule has 3 atom stereocenters. The zero-order valence-corrected chi connectivity index (χ0v) is 12.7. The molecule has 0 saturated carbocycles. The summed E-state index contributed by atoms with van der Waals surface area (Å²) in [6, 6.07) is -0.173. The highest BCUT2D eigenvalue weighted by atomic mass is 32.2. The third-order valence-electron chi connectivity index (χ3n) is 4.49. The van der Waals surface area contributed by atoms with Crippen LogP contribution in [0.2, 0.25) is 0 Å². The molecule has 6 nitrogen and oxygen atoms in total. The van der Waals surface area contributed by atoms with Crippen molar-refractivity contribution in [3.05, 3.63) is 10.6 Å². The summed E-state index contributed by atoms with van der Waals surface area (Å²) in [6.07, 6.45) is 1.87. The molecule has 116 valence electrons. The van der Waals surface area contributed by atoms with Crippen molar-refractivity contribution in [2.24, 2.45) is 5.92 Å². The van der Waals surface area contributed by atoms with Crippen molar-refractivity contribution in [2.75, 3.05) is 13.1 Å². The van der Waals surface area contributed by atoms with Crippen LogP contribution in [-0.2, 0) is 9.59 Å². The number of carboxylic acids is 1. The van der Waals surface area contributed by atoms with E-state index in [-0.39, 0.29) is 17.6 Å². The fourth-order valence-electron chi connectivity index (χ4n) is 3.45. The predicted molar refractivity (Wildman–Crippen MR) is 78.6 cm³/mol. The van der Waals surface area contributed by atoms with Gasteiger partial charge < -0.3 is 20.4 Å². The predicted octanol–water partition coefficient (Wildman–Crippen LogP) is 0.379. The summed E-state index contributed by atoms with van der Waals surface area (Å²) in [7, 11) is 0. The molecule has 0 aromatic carbocycles. The average molecular weight is 312 g/mol. The fraction of sp³-hybridized carbons (Fsp3) is 0.714. The van der Waals surface area contributed by atoms with Crippen LogP contribution >= 0.6 is 11.8 Å². The Morgan fingerprint density at radius 3 is 2.67 bits per heavy atom. The number of carbonyl (C=O) groups is 2. The summed E-state index contributed by atoms with van der Waals surface area (Å²) >= 11 is 1.61. The topological polar surface area (TPSA) is 89.9 Å². The van der Waals surface area contributed by atoms with Gasteiger partial charge in [0.05, 0.1) is 18.1 Å². The van der Waals surface area contributed by atoms with Crippen molar-refractivity contribution in [3.63, 3.8) is 0 Å². The molecular formula is C14H20N2O4S. The first-order chi connectivity index (χ1) is 10.0. The lowest BCUT2D eigenvalue weighted by molar-refractivity contribution is -0.161. The number of piperidine rings is 1. The number of nitrogens with zero attached hydrogens (tertiary/aromatic N) is 1. The van der Waals surface area contributed by atoms with E-state index >= 15 is 0 Å². The van der Waals surface area contributed by atoms with E-state index in [4.69, 9.17) is 0 Å². The van der Waals surface area contributed by atoms with Gasteiger partial charge in [-0.05, 0) is 32.9 Å². The lowest BCUT2D eigenvalue weighted by atomic mass is 9.83. The zero-order valence-electron chi connectivity index (χ0n) is 11.9. The van der Waals surface area contributed by atoms with E-state index in [1.54, 1.807) is 18.7 Å². The first kappa shape index (κ1) is 14.9. The van der Waals surface area contributed by atoms with Gasteiger partial charge in [-0.25, -0.2) is 4.79 Å². The van der Waals surface area contributed by atoms with Crippen molar-refractivity contribution in [2.45, 2.75) is 43.6 Å². The number of hydrogen-bond acceptors (Lipinski definition) is 5. The molecule has 3 aliphatic rings. The Morgan fingerprint density at radius 1 is 1.43 bits per heavy atom. The van der Waals surface area contributed by atoms with Gasteiger partial charge in [0.2, 0.25) is 5.91 Å². The number of nitrogens with one attached hydrogen (secondary N) is 1. The van der Waals surface area contributed by atoms with Crippen LogP contribution in [0.5, 0.6) is 0 Å². The first-order valence-electron chi connectivity index (χ1n) is 7.35. The second-order valence-corrected chi connectivity index (χ2v) is 7.29. The van der Waals surface area contributed by atoms with Crippen LogP contribution in [0.15, 0.2) is 10.6 Å². The summed E-state index contributed by atoms with van der Waals surface area (Å²) in [6.45, 7) is 3.50. The Labute approximate surface area is 127 Å². The minimum atomic E-state index is -1.04. The molecule has 21 heavy (non-hydrogen) atoms. The van der Waals surface area contributed by atoms with Gasteiger partial charge in [-0.1, -0.05) is 0 Å². The molecule has 3 rings (SSSR count). The molecule has 1 amide bonds. The van der Waals surface area contributed by atoms with E-state index < -0.39 is 18.0 Å². The van der Waals surface area contributed by atoms with Crippen molar-refractivity contribution < 1.29 is 19.8 Å². The lowest BCUT2D eigenvalue weighted by Gasteiger charge is -2.44. The number of aliphatic hydroxyl groups is 1. The Hall–Kier alpha value is -1.05. The molecule has 3 aliphatic heterocycles. The van der Waals surface area contributed by atoms with Gasteiger partial charge in [0, 0.05) is 16.6 Å². The van der Waals surface area contributed by atoms with Crippen molar-refractivity contribution in [1.82, 2.24) is 10.2 Å². The molecule has 0 aromatic heterocycles. The monoisotopic (exact) mass is 312 g/mol. The van der Waals surface area contributed by atoms with Crippen LogP contribution in [0.3, 0.4) is 0 Å². The minimum Gasteiger partial charge on any atom is -0.477 e. The number of amides is 1. The molecular weight excluding hydrogens is 292 g/mol. The van der Waals surface area contributed by atoms with Crippen molar-refractivity contribution >= 4 is 23.6 Å². The highest BCUT2D eigenvalue weighted by Crippen LogP contribution is 2.48.